The number of benzene rings is 3. The van der Waals surface area contributed by atoms with E-state index in [0.717, 1.165) is 12.1 Å². The molecule has 73 heavy (non-hydrogen) atoms. The fourth-order valence-electron chi connectivity index (χ4n) is 6.25. The van der Waals surface area contributed by atoms with Gasteiger partial charge in [0.2, 0.25) is 36.5 Å². The zero-order valence-corrected chi connectivity index (χ0v) is 37.7. The van der Waals surface area contributed by atoms with E-state index in [1.54, 1.807) is 6.07 Å². The molecule has 6 amide bonds. The predicted octanol–water partition coefficient (Wildman–Crippen LogP) is -6.04. The molecule has 0 saturated carbocycles. The Labute approximate surface area is 409 Å². The van der Waals surface area contributed by atoms with Crippen LogP contribution in [0.3, 0.4) is 0 Å². The minimum Gasteiger partial charge on any atom is -0.394 e. The molecular formula is C38H46N22O13. The maximum absolute atomic E-state index is 14.5. The number of primary amides is 1. The van der Waals surface area contributed by atoms with Gasteiger partial charge in [0.25, 0.3) is 29.3 Å². The summed E-state index contributed by atoms with van der Waals surface area (Å²) < 4.78 is 0. The molecule has 0 radical (unpaired) electrons. The van der Waals surface area contributed by atoms with Gasteiger partial charge in [-0.2, -0.15) is 5.26 Å². The van der Waals surface area contributed by atoms with E-state index in [-0.39, 0.29) is 17.0 Å². The number of aliphatic hydroxyl groups excluding tert-OH is 1. The number of nitro groups is 3. The van der Waals surface area contributed by atoms with Crippen LogP contribution in [-0.4, -0.2) is 116 Å². The second-order valence-corrected chi connectivity index (χ2v) is 14.5. The predicted molar refractivity (Wildman–Crippen MR) is 254 cm³/mol. The van der Waals surface area contributed by atoms with Gasteiger partial charge in [0.1, 0.15) is 12.1 Å². The molecule has 0 heterocycles. The largest absolute Gasteiger partial charge is 0.394 e. The van der Waals surface area contributed by atoms with Crippen molar-refractivity contribution in [3.8, 4) is 6.07 Å². The van der Waals surface area contributed by atoms with Crippen molar-refractivity contribution in [1.29, 1.82) is 5.26 Å². The summed E-state index contributed by atoms with van der Waals surface area (Å²) in [6.07, 6.45) is -8.45. The maximum Gasteiger partial charge on any atom is 0.301 e. The highest BCUT2D eigenvalue weighted by molar-refractivity contribution is 5.99. The molecule has 35 nitrogen and oxygen atoms in total. The van der Waals surface area contributed by atoms with Gasteiger partial charge in [-0.25, -0.2) is 20.0 Å². The Morgan fingerprint density at radius 1 is 0.616 bits per heavy atom. The van der Waals surface area contributed by atoms with Crippen molar-refractivity contribution in [3.63, 3.8) is 0 Å². The number of para-hydroxylation sites is 1. The standard InChI is InChI=1S/C38H46N22O13/c1-16(40)48-28(33(65)50-27(26(41)62)54-36(42)43)52-35(67)30(56-38(46)47)53-34(66)29(55-37(44)45)51-32(64)24(18-7-3-2-4-8-18)49-31(63)23(15-61)57(14-19-9-5-6-10-20(19)58(68)69)25-21(59(70)71)11-17(13-39)12-22(25)60(72)73/h2-12,23-24,27-30,61H,14-15H2,1H3,(H2,40,48)(H2,41,62)(H,49,63)(H,50,65)(H,51,64)(H,52,67)(H,53,66)(H4,42,43,54)(H4,44,45,55)(H4,46,47,56). The van der Waals surface area contributed by atoms with Gasteiger partial charge in [-0.05, 0) is 12.5 Å². The maximum atomic E-state index is 14.5. The zero-order valence-electron chi connectivity index (χ0n) is 37.7. The van der Waals surface area contributed by atoms with E-state index in [4.69, 9.17) is 45.9 Å². The molecule has 0 aliphatic rings. The van der Waals surface area contributed by atoms with Crippen LogP contribution in [0.1, 0.15) is 29.7 Å². The summed E-state index contributed by atoms with van der Waals surface area (Å²) in [6.45, 7) is -1.11. The van der Waals surface area contributed by atoms with E-state index in [1.807, 2.05) is 16.0 Å². The number of anilines is 1. The molecule has 3 aromatic carbocycles. The van der Waals surface area contributed by atoms with Crippen LogP contribution in [0.2, 0.25) is 0 Å². The first kappa shape index (κ1) is 56.5. The normalized spacial score (nSPS) is 13.2. The number of guanidine groups is 3. The molecule has 0 aliphatic carbocycles. The molecular weight excluding hydrogens is 973 g/mol. The summed E-state index contributed by atoms with van der Waals surface area (Å²) in [5, 5.41) is 67.9. The number of nitrogens with two attached hydrogens (primary N) is 8. The second kappa shape index (κ2) is 25.5. The molecule has 35 heteroatoms. The molecule has 3 aromatic rings. The van der Waals surface area contributed by atoms with E-state index in [0.29, 0.717) is 17.0 Å². The van der Waals surface area contributed by atoms with Gasteiger partial charge in [0.05, 0.1) is 45.4 Å². The Morgan fingerprint density at radius 2 is 1.04 bits per heavy atom. The van der Waals surface area contributed by atoms with Gasteiger partial charge < -0.3 is 82.5 Å². The first-order valence-electron chi connectivity index (χ1n) is 20.2. The third-order valence-electron chi connectivity index (χ3n) is 9.24. The molecule has 22 N–H and O–H groups in total. The van der Waals surface area contributed by atoms with Gasteiger partial charge in [0.15, 0.2) is 23.6 Å². The van der Waals surface area contributed by atoms with Crippen molar-refractivity contribution in [2.75, 3.05) is 11.5 Å². The van der Waals surface area contributed by atoms with Crippen LogP contribution in [0.4, 0.5) is 22.7 Å². The Balaban J connectivity index is 2.13. The summed E-state index contributed by atoms with van der Waals surface area (Å²) in [6, 6.07) is 10.1. The van der Waals surface area contributed by atoms with Crippen molar-refractivity contribution in [2.45, 2.75) is 50.2 Å². The van der Waals surface area contributed by atoms with E-state index < -0.39 is 146 Å². The molecule has 0 spiro atoms. The number of carbonyl (C=O) groups is 6. The number of carbonyl (C=O) groups excluding carboxylic acids is 6. The lowest BCUT2D eigenvalue weighted by molar-refractivity contribution is -0.392. The van der Waals surface area contributed by atoms with Crippen LogP contribution in [0.15, 0.2) is 86.7 Å². The monoisotopic (exact) mass is 1020 g/mol. The highest BCUT2D eigenvalue weighted by Crippen LogP contribution is 2.41. The molecule has 6 atom stereocenters. The number of rotatable bonds is 24. The fraction of sp³-hybridized carbons (Fsp3) is 0.237. The average molecular weight is 1020 g/mol. The summed E-state index contributed by atoms with van der Waals surface area (Å²) in [7, 11) is 0. The SMILES string of the molecule is CC(N)=NC(NC(=O)C(N=C(N)N)NC(=O)C(N=C(N)N)NC(=O)C(NC(=O)C(CO)N(Cc1ccccc1[N+](=O)[O-])c1c([N+](=O)[O-])cc(C#N)cc1[N+](=O)[O-])c1ccccc1)C(=O)NC(N=C(N)N)C(N)=O. The molecule has 0 bridgehead atoms. The Kier molecular flexibility index (Phi) is 19.8. The number of hydrogen-bond donors (Lipinski definition) is 14. The van der Waals surface area contributed by atoms with E-state index in [2.05, 4.69) is 30.6 Å². The minimum absolute atomic E-state index is 0.0919. The van der Waals surface area contributed by atoms with Crippen LogP contribution in [0, 0.1) is 41.7 Å². The van der Waals surface area contributed by atoms with Crippen LogP contribution >= 0.6 is 0 Å². The highest BCUT2D eigenvalue weighted by atomic mass is 16.6. The summed E-state index contributed by atoms with van der Waals surface area (Å²) >= 11 is 0. The van der Waals surface area contributed by atoms with Gasteiger partial charge in [-0.3, -0.25) is 59.1 Å². The quantitative estimate of drug-likeness (QED) is 0.0172. The molecule has 3 rings (SSSR count). The number of amidine groups is 1. The second-order valence-electron chi connectivity index (χ2n) is 14.5. The number of aliphatic hydroxyl groups is 1. The number of amides is 6. The zero-order chi connectivity index (χ0) is 54.9. The number of nitrogens with zero attached hydrogens (tertiary/aromatic N) is 9. The number of nitro benzene ring substituents is 3. The first-order chi connectivity index (χ1) is 34.3. The van der Waals surface area contributed by atoms with Crippen molar-refractivity contribution >= 4 is 81.9 Å². The van der Waals surface area contributed by atoms with Gasteiger partial charge in [0, 0.05) is 23.8 Å². The molecule has 0 fully saturated rings. The lowest BCUT2D eigenvalue weighted by Crippen LogP contribution is -2.58. The smallest absolute Gasteiger partial charge is 0.301 e. The van der Waals surface area contributed by atoms with Crippen molar-refractivity contribution in [3.05, 3.63) is 114 Å². The minimum atomic E-state index is -2.28. The first-order valence-corrected chi connectivity index (χ1v) is 20.2. The highest BCUT2D eigenvalue weighted by Gasteiger charge is 2.40. The van der Waals surface area contributed by atoms with Gasteiger partial charge >= 0.3 is 11.4 Å². The molecule has 0 saturated heterocycles. The van der Waals surface area contributed by atoms with Crippen molar-refractivity contribution in [2.24, 2.45) is 65.8 Å². The van der Waals surface area contributed by atoms with Crippen LogP contribution in [0.5, 0.6) is 0 Å². The van der Waals surface area contributed by atoms with E-state index in [1.165, 1.54) is 49.4 Å². The van der Waals surface area contributed by atoms with Crippen molar-refractivity contribution < 1.29 is 48.6 Å². The van der Waals surface area contributed by atoms with Gasteiger partial charge in [-0.15, -0.1) is 0 Å². The Hall–Kier alpha value is -10.8. The lowest BCUT2D eigenvalue weighted by Gasteiger charge is -2.32. The molecule has 6 unspecified atom stereocenters. The number of hydrogen-bond acceptors (Lipinski definition) is 19. The molecule has 386 valence electrons. The lowest BCUT2D eigenvalue weighted by atomic mass is 10.0. The molecule has 0 aliphatic heterocycles. The Morgan fingerprint density at radius 3 is 1.47 bits per heavy atom. The van der Waals surface area contributed by atoms with E-state index in [9.17, 15) is 69.5 Å². The Bertz CT molecular complexity index is 2770. The third-order valence-corrected chi connectivity index (χ3v) is 9.24. The molecule has 0 aromatic heterocycles. The summed E-state index contributed by atoms with van der Waals surface area (Å²) in [5.41, 5.74) is 38.7. The third kappa shape index (κ3) is 15.9. The topological polar surface area (TPSA) is 597 Å². The number of nitriles is 1. The summed E-state index contributed by atoms with van der Waals surface area (Å²) in [5.74, 6) is -11.0. The fourth-order valence-corrected chi connectivity index (χ4v) is 6.25. The van der Waals surface area contributed by atoms with Crippen LogP contribution < -0.4 is 77.4 Å². The van der Waals surface area contributed by atoms with E-state index >= 15 is 0 Å². The van der Waals surface area contributed by atoms with Crippen molar-refractivity contribution in [1.82, 2.24) is 26.6 Å². The number of nitrogens with one attached hydrogen (secondary N) is 5. The van der Waals surface area contributed by atoms with Crippen LogP contribution in [-0.2, 0) is 35.3 Å². The van der Waals surface area contributed by atoms with Gasteiger partial charge in [-0.1, -0.05) is 48.5 Å². The summed E-state index contributed by atoms with van der Waals surface area (Å²) in [4.78, 5) is 130. The van der Waals surface area contributed by atoms with Crippen LogP contribution in [0.25, 0.3) is 0 Å². The average Bonchev–Trinajstić information content (AvgIpc) is 3.31. The number of aliphatic imine (C=N–C) groups is 4.